The van der Waals surface area contributed by atoms with Gasteiger partial charge in [0.05, 0.1) is 21.3 Å². The molecular formula is C21H27FN2O8. The Bertz CT molecular complexity index is 844. The number of benzene rings is 1. The molecule has 1 rings (SSSR count). The summed E-state index contributed by atoms with van der Waals surface area (Å²) in [6.45, 7) is 2.53. The molecule has 0 aliphatic carbocycles. The summed E-state index contributed by atoms with van der Waals surface area (Å²) in [5.74, 6) is -7.57. The SMILES string of the molecule is COC(=O)C(C(=O)OC)[C@H](C)[C@@H](NC(=O)[C@H](Cc1ccccc1F)NC(C)=O)C(=O)OC. The van der Waals surface area contributed by atoms with Gasteiger partial charge in [0, 0.05) is 19.3 Å². The van der Waals surface area contributed by atoms with E-state index in [0.29, 0.717) is 0 Å². The maximum absolute atomic E-state index is 14.1. The molecule has 0 unspecified atom stereocenters. The predicted octanol–water partition coefficient (Wildman–Crippen LogP) is 0.129. The zero-order valence-electron chi connectivity index (χ0n) is 18.5. The van der Waals surface area contributed by atoms with Crippen molar-refractivity contribution < 1.29 is 42.6 Å². The van der Waals surface area contributed by atoms with Gasteiger partial charge < -0.3 is 24.8 Å². The Morgan fingerprint density at radius 1 is 0.906 bits per heavy atom. The summed E-state index contributed by atoms with van der Waals surface area (Å²) in [7, 11) is 3.17. The summed E-state index contributed by atoms with van der Waals surface area (Å²) in [6, 6.07) is 2.96. The number of carbonyl (C=O) groups is 5. The standard InChI is InChI=1S/C21H27FN2O8/c1-11(16(19(27)30-3)20(28)31-4)17(21(29)32-5)24-18(26)15(23-12(2)25)10-13-8-6-7-9-14(13)22/h6-9,11,15-17H,10H2,1-5H3,(H,23,25)(H,24,26)/t11-,15-,17+/m0/s1. The molecule has 32 heavy (non-hydrogen) atoms. The summed E-state index contributed by atoms with van der Waals surface area (Å²) >= 11 is 0. The first-order valence-electron chi connectivity index (χ1n) is 9.61. The zero-order chi connectivity index (χ0) is 24.4. The van der Waals surface area contributed by atoms with Crippen molar-refractivity contribution in [3.63, 3.8) is 0 Å². The van der Waals surface area contributed by atoms with E-state index in [0.717, 1.165) is 21.3 Å². The number of halogens is 1. The first-order valence-corrected chi connectivity index (χ1v) is 9.61. The van der Waals surface area contributed by atoms with Crippen molar-refractivity contribution in [3.8, 4) is 0 Å². The number of methoxy groups -OCH3 is 3. The number of amides is 2. The highest BCUT2D eigenvalue weighted by atomic mass is 19.1. The van der Waals surface area contributed by atoms with Crippen LogP contribution in [0.4, 0.5) is 4.39 Å². The van der Waals surface area contributed by atoms with Crippen molar-refractivity contribution in [2.24, 2.45) is 11.8 Å². The Morgan fingerprint density at radius 3 is 1.91 bits per heavy atom. The van der Waals surface area contributed by atoms with Crippen LogP contribution in [0.15, 0.2) is 24.3 Å². The molecule has 176 valence electrons. The third kappa shape index (κ3) is 7.03. The second-order valence-corrected chi connectivity index (χ2v) is 6.94. The molecule has 0 aromatic heterocycles. The largest absolute Gasteiger partial charge is 0.468 e. The zero-order valence-corrected chi connectivity index (χ0v) is 18.5. The van der Waals surface area contributed by atoms with Crippen molar-refractivity contribution >= 4 is 29.7 Å². The molecule has 0 bridgehead atoms. The van der Waals surface area contributed by atoms with Crippen LogP contribution in [0.3, 0.4) is 0 Å². The van der Waals surface area contributed by atoms with Gasteiger partial charge in [-0.05, 0) is 11.6 Å². The van der Waals surface area contributed by atoms with E-state index in [1.807, 2.05) is 0 Å². The van der Waals surface area contributed by atoms with Gasteiger partial charge in [0.15, 0.2) is 5.92 Å². The molecule has 2 N–H and O–H groups in total. The van der Waals surface area contributed by atoms with E-state index < -0.39 is 59.5 Å². The molecule has 1 aromatic carbocycles. The van der Waals surface area contributed by atoms with Crippen LogP contribution in [0.5, 0.6) is 0 Å². The number of ether oxygens (including phenoxy) is 3. The minimum absolute atomic E-state index is 0.158. The minimum atomic E-state index is -1.54. The second-order valence-electron chi connectivity index (χ2n) is 6.94. The van der Waals surface area contributed by atoms with E-state index in [2.05, 4.69) is 20.1 Å². The van der Waals surface area contributed by atoms with Gasteiger partial charge in [-0.1, -0.05) is 25.1 Å². The third-order valence-corrected chi connectivity index (χ3v) is 4.79. The average Bonchev–Trinajstić information content (AvgIpc) is 2.76. The van der Waals surface area contributed by atoms with Crippen LogP contribution < -0.4 is 10.6 Å². The second kappa shape index (κ2) is 12.4. The fourth-order valence-electron chi connectivity index (χ4n) is 3.10. The third-order valence-electron chi connectivity index (χ3n) is 4.79. The highest BCUT2D eigenvalue weighted by molar-refractivity contribution is 5.97. The van der Waals surface area contributed by atoms with Gasteiger partial charge in [0.25, 0.3) is 0 Å². The summed E-state index contributed by atoms with van der Waals surface area (Å²) in [5.41, 5.74) is 0.158. The van der Waals surface area contributed by atoms with E-state index in [-0.39, 0.29) is 12.0 Å². The first kappa shape index (κ1) is 26.5. The van der Waals surface area contributed by atoms with Gasteiger partial charge in [0.2, 0.25) is 11.8 Å². The molecule has 3 atom stereocenters. The summed E-state index contributed by atoms with van der Waals surface area (Å²) in [6.07, 6.45) is -0.211. The van der Waals surface area contributed by atoms with Crippen molar-refractivity contribution in [1.29, 1.82) is 0 Å². The fraction of sp³-hybridized carbons (Fsp3) is 0.476. The highest BCUT2D eigenvalue weighted by Gasteiger charge is 2.43. The molecule has 0 heterocycles. The van der Waals surface area contributed by atoms with Crippen molar-refractivity contribution in [3.05, 3.63) is 35.6 Å². The van der Waals surface area contributed by atoms with Gasteiger partial charge in [0.1, 0.15) is 17.9 Å². The lowest BCUT2D eigenvalue weighted by molar-refractivity contribution is -0.163. The van der Waals surface area contributed by atoms with Crippen LogP contribution in [0.1, 0.15) is 19.4 Å². The van der Waals surface area contributed by atoms with Crippen molar-refractivity contribution in [2.75, 3.05) is 21.3 Å². The van der Waals surface area contributed by atoms with E-state index in [1.54, 1.807) is 6.07 Å². The Hall–Kier alpha value is -3.50. The molecule has 0 radical (unpaired) electrons. The molecule has 0 fully saturated rings. The van der Waals surface area contributed by atoms with Crippen LogP contribution in [0.25, 0.3) is 0 Å². The number of rotatable bonds is 10. The Balaban J connectivity index is 3.23. The average molecular weight is 454 g/mol. The van der Waals surface area contributed by atoms with Crippen molar-refractivity contribution in [1.82, 2.24) is 10.6 Å². The van der Waals surface area contributed by atoms with Crippen LogP contribution >= 0.6 is 0 Å². The molecule has 0 aliphatic heterocycles. The smallest absolute Gasteiger partial charge is 0.328 e. The molecule has 0 saturated heterocycles. The fourth-order valence-corrected chi connectivity index (χ4v) is 3.10. The normalized spacial score (nSPS) is 13.3. The topological polar surface area (TPSA) is 137 Å². The molecule has 0 aliphatic rings. The summed E-state index contributed by atoms with van der Waals surface area (Å²) < 4.78 is 28.0. The number of esters is 3. The van der Waals surface area contributed by atoms with Gasteiger partial charge >= 0.3 is 17.9 Å². The number of hydrogen-bond acceptors (Lipinski definition) is 8. The maximum atomic E-state index is 14.1. The molecule has 1 aromatic rings. The summed E-state index contributed by atoms with van der Waals surface area (Å²) in [4.78, 5) is 61.2. The van der Waals surface area contributed by atoms with Crippen LogP contribution in [0, 0.1) is 17.7 Å². The van der Waals surface area contributed by atoms with E-state index in [4.69, 9.17) is 4.74 Å². The highest BCUT2D eigenvalue weighted by Crippen LogP contribution is 2.21. The molecular weight excluding hydrogens is 427 g/mol. The van der Waals surface area contributed by atoms with Gasteiger partial charge in [-0.15, -0.1) is 0 Å². The molecule has 0 saturated carbocycles. The Morgan fingerprint density at radius 2 is 1.44 bits per heavy atom. The van der Waals surface area contributed by atoms with Gasteiger partial charge in [-0.3, -0.25) is 19.2 Å². The van der Waals surface area contributed by atoms with Gasteiger partial charge in [-0.2, -0.15) is 0 Å². The summed E-state index contributed by atoms with van der Waals surface area (Å²) in [5, 5.41) is 4.79. The molecule has 0 spiro atoms. The Kier molecular flexibility index (Phi) is 10.3. The lowest BCUT2D eigenvalue weighted by Gasteiger charge is -2.28. The Labute approximate surface area is 184 Å². The van der Waals surface area contributed by atoms with Gasteiger partial charge in [-0.25, -0.2) is 9.18 Å². The monoisotopic (exact) mass is 454 g/mol. The van der Waals surface area contributed by atoms with E-state index in [1.165, 1.54) is 32.0 Å². The first-order chi connectivity index (χ1) is 15.1. The molecule has 2 amide bonds. The minimum Gasteiger partial charge on any atom is -0.468 e. The van der Waals surface area contributed by atoms with E-state index in [9.17, 15) is 28.4 Å². The van der Waals surface area contributed by atoms with Crippen LogP contribution in [-0.2, 0) is 44.6 Å². The van der Waals surface area contributed by atoms with Crippen molar-refractivity contribution in [2.45, 2.75) is 32.4 Å². The van der Waals surface area contributed by atoms with Crippen LogP contribution in [0.2, 0.25) is 0 Å². The van der Waals surface area contributed by atoms with Crippen LogP contribution in [-0.4, -0.2) is 63.1 Å². The number of nitrogens with one attached hydrogen (secondary N) is 2. The quantitative estimate of drug-likeness (QED) is 0.289. The lowest BCUT2D eigenvalue weighted by atomic mass is 9.87. The molecule has 10 nitrogen and oxygen atoms in total. The molecule has 11 heteroatoms. The maximum Gasteiger partial charge on any atom is 0.328 e. The number of hydrogen-bond donors (Lipinski definition) is 2. The van der Waals surface area contributed by atoms with E-state index >= 15 is 0 Å². The number of carbonyl (C=O) groups excluding carboxylic acids is 5. The lowest BCUT2D eigenvalue weighted by Crippen LogP contribution is -2.56. The predicted molar refractivity (Wildman–Crippen MR) is 108 cm³/mol.